The van der Waals surface area contributed by atoms with Crippen LogP contribution in [0.5, 0.6) is 0 Å². The van der Waals surface area contributed by atoms with Crippen molar-refractivity contribution in [1.82, 2.24) is 18.9 Å². The Morgan fingerprint density at radius 3 is 3.05 bits per heavy atom. The third-order valence-corrected chi connectivity index (χ3v) is 3.97. The van der Waals surface area contributed by atoms with Crippen LogP contribution in [0.3, 0.4) is 0 Å². The topological polar surface area (TPSA) is 39.0 Å². The first-order chi connectivity index (χ1) is 11.1. The van der Waals surface area contributed by atoms with Crippen molar-refractivity contribution in [2.75, 3.05) is 0 Å². The summed E-state index contributed by atoms with van der Waals surface area (Å²) >= 11 is 0. The number of fused-ring (bicyclic) bond motifs is 7. The van der Waals surface area contributed by atoms with E-state index < -0.39 is 6.98 Å². The van der Waals surface area contributed by atoms with E-state index in [1.807, 2.05) is 29.1 Å². The zero-order chi connectivity index (χ0) is 15.8. The SMILES string of the molecule is [2H]C([2H])([2H])n1c2cnccc2n2c[n+]3c(c12)-c1ccncc1C3. The maximum atomic E-state index is 7.97. The Morgan fingerprint density at radius 1 is 1.20 bits per heavy atom. The highest BCUT2D eigenvalue weighted by Crippen LogP contribution is 2.32. The van der Waals surface area contributed by atoms with Crippen LogP contribution in [0.15, 0.2) is 43.2 Å². The molecule has 0 saturated heterocycles. The highest BCUT2D eigenvalue weighted by atomic mass is 15.2. The smallest absolute Gasteiger partial charge is 0.255 e. The van der Waals surface area contributed by atoms with E-state index in [0.717, 1.165) is 22.3 Å². The number of aromatic nitrogens is 5. The molecule has 4 aromatic heterocycles. The van der Waals surface area contributed by atoms with Gasteiger partial charge in [0.05, 0.1) is 6.20 Å². The number of nitrogens with zero attached hydrogens (tertiary/aromatic N) is 5. The molecule has 0 aromatic carbocycles. The fourth-order valence-electron chi connectivity index (χ4n) is 3.12. The molecule has 5 nitrogen and oxygen atoms in total. The third-order valence-electron chi connectivity index (χ3n) is 3.97. The van der Waals surface area contributed by atoms with Gasteiger partial charge in [-0.1, -0.05) is 0 Å². The molecule has 0 atom stereocenters. The minimum absolute atomic E-state index is 0.605. The van der Waals surface area contributed by atoms with Crippen molar-refractivity contribution in [3.05, 3.63) is 48.8 Å². The van der Waals surface area contributed by atoms with Crippen molar-refractivity contribution in [2.24, 2.45) is 6.98 Å². The van der Waals surface area contributed by atoms with Crippen LogP contribution < -0.4 is 4.57 Å². The molecule has 1 aliphatic rings. The molecule has 96 valence electrons. The largest absolute Gasteiger partial charge is 0.303 e. The second kappa shape index (κ2) is 3.25. The summed E-state index contributed by atoms with van der Waals surface area (Å²) in [7, 11) is 0. The van der Waals surface area contributed by atoms with Gasteiger partial charge in [0.25, 0.3) is 12.0 Å². The molecular formula is C15H12N5+. The van der Waals surface area contributed by atoms with Crippen LogP contribution >= 0.6 is 0 Å². The average molecular weight is 265 g/mol. The summed E-state index contributed by atoms with van der Waals surface area (Å²) in [5.74, 6) is 0. The molecule has 0 fully saturated rings. The summed E-state index contributed by atoms with van der Waals surface area (Å²) in [5, 5.41) is 0. The maximum Gasteiger partial charge on any atom is 0.255 e. The summed E-state index contributed by atoms with van der Waals surface area (Å²) in [5.41, 5.74) is 5.15. The molecule has 0 N–H and O–H groups in total. The number of hydrogen-bond acceptors (Lipinski definition) is 2. The number of aryl methyl sites for hydroxylation is 1. The molecule has 0 radical (unpaired) electrons. The normalized spacial score (nSPS) is 15.9. The molecule has 0 saturated carbocycles. The van der Waals surface area contributed by atoms with E-state index in [0.29, 0.717) is 17.7 Å². The molecule has 5 rings (SSSR count). The van der Waals surface area contributed by atoms with Crippen molar-refractivity contribution in [2.45, 2.75) is 6.54 Å². The van der Waals surface area contributed by atoms with Gasteiger partial charge < -0.3 is 4.57 Å². The molecule has 0 bridgehead atoms. The first-order valence-corrected chi connectivity index (χ1v) is 6.38. The molecule has 20 heavy (non-hydrogen) atoms. The summed E-state index contributed by atoms with van der Waals surface area (Å²) < 4.78 is 29.3. The average Bonchev–Trinajstić information content (AvgIpc) is 3.12. The van der Waals surface area contributed by atoms with Crippen LogP contribution in [0.25, 0.3) is 27.9 Å². The summed E-state index contributed by atoms with van der Waals surface area (Å²) in [6, 6.07) is 3.78. The van der Waals surface area contributed by atoms with Crippen LogP contribution in [0.2, 0.25) is 0 Å². The molecule has 5 heteroatoms. The lowest BCUT2D eigenvalue weighted by atomic mass is 10.1. The molecule has 0 amide bonds. The first-order valence-electron chi connectivity index (χ1n) is 7.88. The highest BCUT2D eigenvalue weighted by Gasteiger charge is 2.32. The van der Waals surface area contributed by atoms with E-state index >= 15 is 0 Å². The Hall–Kier alpha value is -2.69. The minimum Gasteiger partial charge on any atom is -0.303 e. The number of rotatable bonds is 0. The van der Waals surface area contributed by atoms with Crippen LogP contribution in [-0.2, 0) is 13.5 Å². The van der Waals surface area contributed by atoms with Crippen molar-refractivity contribution in [1.29, 1.82) is 0 Å². The molecule has 0 spiro atoms. The first kappa shape index (κ1) is 7.79. The highest BCUT2D eigenvalue weighted by molar-refractivity contribution is 5.87. The predicted octanol–water partition coefficient (Wildman–Crippen LogP) is 1.54. The number of imidazole rings is 2. The summed E-state index contributed by atoms with van der Waals surface area (Å²) in [4.78, 5) is 8.26. The third kappa shape index (κ3) is 1.02. The van der Waals surface area contributed by atoms with Crippen LogP contribution in [0, 0.1) is 0 Å². The zero-order valence-electron chi connectivity index (χ0n) is 13.5. The maximum absolute atomic E-state index is 7.97. The molecular weight excluding hydrogens is 250 g/mol. The van der Waals surface area contributed by atoms with Gasteiger partial charge in [0.1, 0.15) is 12.1 Å². The number of pyridine rings is 2. The van der Waals surface area contributed by atoms with Crippen LogP contribution in [0.4, 0.5) is 0 Å². The lowest BCUT2D eigenvalue weighted by Crippen LogP contribution is -2.29. The van der Waals surface area contributed by atoms with Gasteiger partial charge in [-0.25, -0.2) is 4.57 Å². The summed E-state index contributed by atoms with van der Waals surface area (Å²) in [6.07, 6.45) is 8.81. The predicted molar refractivity (Wildman–Crippen MR) is 74.2 cm³/mol. The second-order valence-corrected chi connectivity index (χ2v) is 5.02. The van der Waals surface area contributed by atoms with Crippen LogP contribution in [-0.4, -0.2) is 18.9 Å². The van der Waals surface area contributed by atoms with Gasteiger partial charge in [-0.15, -0.1) is 0 Å². The lowest BCUT2D eigenvalue weighted by Gasteiger charge is -1.95. The van der Waals surface area contributed by atoms with E-state index in [-0.39, 0.29) is 0 Å². The van der Waals surface area contributed by atoms with Crippen molar-refractivity contribution < 1.29 is 8.68 Å². The molecule has 0 unspecified atom stereocenters. The zero-order valence-corrected chi connectivity index (χ0v) is 10.5. The van der Waals surface area contributed by atoms with Gasteiger partial charge >= 0.3 is 0 Å². The van der Waals surface area contributed by atoms with Gasteiger partial charge in [-0.2, -0.15) is 4.40 Å². The van der Waals surface area contributed by atoms with E-state index in [9.17, 15) is 0 Å². The van der Waals surface area contributed by atoms with Gasteiger partial charge in [0.2, 0.25) is 5.69 Å². The lowest BCUT2D eigenvalue weighted by molar-refractivity contribution is -0.671. The van der Waals surface area contributed by atoms with Gasteiger partial charge in [0.15, 0.2) is 5.52 Å². The van der Waals surface area contributed by atoms with Gasteiger partial charge in [-0.3, -0.25) is 9.97 Å². The number of hydrogen-bond donors (Lipinski definition) is 0. The monoisotopic (exact) mass is 265 g/mol. The van der Waals surface area contributed by atoms with E-state index in [1.54, 1.807) is 18.6 Å². The molecule has 1 aliphatic heterocycles. The molecule has 5 heterocycles. The van der Waals surface area contributed by atoms with Crippen molar-refractivity contribution >= 4 is 16.7 Å². The minimum atomic E-state index is -2.28. The van der Waals surface area contributed by atoms with E-state index in [1.165, 1.54) is 4.57 Å². The summed E-state index contributed by atoms with van der Waals surface area (Å²) in [6.45, 7) is -1.58. The second-order valence-electron chi connectivity index (χ2n) is 5.02. The Bertz CT molecular complexity index is 1090. The Morgan fingerprint density at radius 2 is 2.10 bits per heavy atom. The molecule has 4 aromatic rings. The van der Waals surface area contributed by atoms with E-state index in [4.69, 9.17) is 4.11 Å². The quantitative estimate of drug-likeness (QED) is 0.398. The van der Waals surface area contributed by atoms with Gasteiger partial charge in [0, 0.05) is 46.9 Å². The Kier molecular flexibility index (Phi) is 1.27. The van der Waals surface area contributed by atoms with E-state index in [2.05, 4.69) is 14.5 Å². The Balaban J connectivity index is 2.02. The van der Waals surface area contributed by atoms with Gasteiger partial charge in [-0.05, 0) is 6.07 Å². The molecule has 0 aliphatic carbocycles. The fourth-order valence-corrected chi connectivity index (χ4v) is 3.12. The Labute approximate surface area is 119 Å². The van der Waals surface area contributed by atoms with Crippen LogP contribution in [0.1, 0.15) is 9.68 Å². The van der Waals surface area contributed by atoms with Crippen molar-refractivity contribution in [3.63, 3.8) is 0 Å². The standard InChI is InChI=1S/C15H12N5/c1-18-13-7-17-5-3-12(13)20-9-19-8-10-6-16-4-2-11(10)14(19)15(18)20/h2-7,9H,8H2,1H3/q+1/i1D3. The van der Waals surface area contributed by atoms with Crippen molar-refractivity contribution in [3.8, 4) is 11.3 Å². The fraction of sp³-hybridized carbons (Fsp3) is 0.133.